The first kappa shape index (κ1) is 44.5. The number of para-hydroxylation sites is 3. The van der Waals surface area contributed by atoms with Gasteiger partial charge in [0.15, 0.2) is 0 Å². The summed E-state index contributed by atoms with van der Waals surface area (Å²) in [5.41, 5.74) is 13.8. The summed E-state index contributed by atoms with van der Waals surface area (Å²) in [6.45, 7) is 25.0. The van der Waals surface area contributed by atoms with Gasteiger partial charge < -0.3 is 18.4 Å². The molecule has 4 aromatic heterocycles. The fraction of sp³-hybridized carbons (Fsp3) is 0.271. The molecule has 340 valence electrons. The molecule has 0 radical (unpaired) electrons. The largest absolute Gasteiger partial charge is 0.510 e. The average molecular weight is 1060 g/mol. The Bertz CT molecular complexity index is 3550. The van der Waals surface area contributed by atoms with Crippen molar-refractivity contribution in [2.24, 2.45) is 0 Å². The van der Waals surface area contributed by atoms with Gasteiger partial charge in [-0.1, -0.05) is 141 Å². The zero-order chi connectivity index (χ0) is 46.1. The maximum Gasteiger partial charge on any atom is 0.268 e. The van der Waals surface area contributed by atoms with Crippen LogP contribution < -0.4 is 9.30 Å². The smallest absolute Gasteiger partial charge is 0.268 e. The summed E-state index contributed by atoms with van der Waals surface area (Å²) in [4.78, 5) is 10.6. The fourth-order valence-corrected chi connectivity index (χ4v) is 10.2. The van der Waals surface area contributed by atoms with Crippen LogP contribution in [0.25, 0.3) is 72.5 Å². The van der Waals surface area contributed by atoms with Crippen LogP contribution >= 0.6 is 0 Å². The van der Waals surface area contributed by atoms with Crippen molar-refractivity contribution in [1.29, 1.82) is 0 Å². The molecular weight excluding hydrogens is 1000 g/mol. The van der Waals surface area contributed by atoms with Crippen molar-refractivity contribution < 1.29 is 30.4 Å². The van der Waals surface area contributed by atoms with Crippen LogP contribution in [0.15, 0.2) is 128 Å². The molecule has 8 heteroatoms. The topological polar surface area (TPSA) is 53.7 Å². The Morgan fingerprint density at radius 3 is 2.10 bits per heavy atom. The molecule has 1 aliphatic heterocycles. The third kappa shape index (κ3) is 7.33. The molecule has 67 heavy (non-hydrogen) atoms. The van der Waals surface area contributed by atoms with Crippen molar-refractivity contribution in [3.63, 3.8) is 0 Å². The van der Waals surface area contributed by atoms with Gasteiger partial charge in [0, 0.05) is 49.9 Å². The van der Waals surface area contributed by atoms with Crippen LogP contribution in [0.3, 0.4) is 0 Å². The maximum absolute atomic E-state index is 6.77. The number of nitrogens with zero attached hydrogens (tertiary/aromatic N) is 6. The van der Waals surface area contributed by atoms with Crippen molar-refractivity contribution >= 4 is 43.9 Å². The molecule has 7 nitrogen and oxygen atoms in total. The first-order chi connectivity index (χ1) is 31.4. The SMILES string of the molecule is CC(C)(C)c1ccnc(-n2c3[c-]c(Oc4[c-]c(-n5[c-][n+](-c6c(C(C)(C)C)cccc6C(C)(C)C)c6ccccc65)ccc4)ccc3c3ccc4c(nc5n4C(C)(C)Cc4ccccc4-5)c32)c1.[Pt]. The molecule has 5 heterocycles. The van der Waals surface area contributed by atoms with Crippen molar-refractivity contribution in [1.82, 2.24) is 23.7 Å². The molecule has 0 aliphatic carbocycles. The molecule has 0 bridgehead atoms. The van der Waals surface area contributed by atoms with Gasteiger partial charge in [0.2, 0.25) is 0 Å². The number of fused-ring (bicyclic) bond motifs is 10. The number of imidazole rings is 2. The molecule has 0 amide bonds. The van der Waals surface area contributed by atoms with Gasteiger partial charge in [0.1, 0.15) is 17.2 Å². The molecule has 10 aromatic rings. The normalized spacial score (nSPS) is 13.8. The van der Waals surface area contributed by atoms with E-state index in [1.165, 1.54) is 33.5 Å². The van der Waals surface area contributed by atoms with E-state index in [0.717, 1.165) is 67.6 Å². The minimum atomic E-state index is -0.178. The van der Waals surface area contributed by atoms with Crippen LogP contribution in [0.4, 0.5) is 0 Å². The third-order valence-corrected chi connectivity index (χ3v) is 13.4. The Hall–Kier alpha value is -6.30. The van der Waals surface area contributed by atoms with E-state index in [-0.39, 0.29) is 42.8 Å². The number of aromatic nitrogens is 6. The van der Waals surface area contributed by atoms with E-state index in [4.69, 9.17) is 14.7 Å². The van der Waals surface area contributed by atoms with Gasteiger partial charge in [-0.2, -0.15) is 18.2 Å². The van der Waals surface area contributed by atoms with Crippen molar-refractivity contribution in [2.45, 2.75) is 104 Å². The molecule has 0 fully saturated rings. The second kappa shape index (κ2) is 15.6. The van der Waals surface area contributed by atoms with Gasteiger partial charge in [0.25, 0.3) is 6.33 Å². The van der Waals surface area contributed by atoms with E-state index in [9.17, 15) is 0 Å². The van der Waals surface area contributed by atoms with Crippen LogP contribution in [0.5, 0.6) is 11.5 Å². The average Bonchev–Trinajstić information content (AvgIpc) is 3.96. The summed E-state index contributed by atoms with van der Waals surface area (Å²) < 4.78 is 15.8. The Morgan fingerprint density at radius 1 is 0.672 bits per heavy atom. The second-order valence-electron chi connectivity index (χ2n) is 21.8. The predicted octanol–water partition coefficient (Wildman–Crippen LogP) is 13.8. The summed E-state index contributed by atoms with van der Waals surface area (Å²) in [6.07, 6.45) is 6.63. The number of rotatable bonds is 5. The van der Waals surface area contributed by atoms with Crippen LogP contribution in [0.2, 0.25) is 0 Å². The second-order valence-corrected chi connectivity index (χ2v) is 21.8. The number of hydrogen-bond acceptors (Lipinski definition) is 3. The van der Waals surface area contributed by atoms with E-state index >= 15 is 0 Å². The fourth-order valence-electron chi connectivity index (χ4n) is 10.2. The molecule has 0 N–H and O–H groups in total. The Kier molecular flexibility index (Phi) is 10.4. The standard InChI is InChI=1S/C59H56N6O.Pt/c1-56(2,3)38-30-31-60-51(32-38)64-50-34-41(26-27-43(50)44-28-29-49-52(53(44)64)61-55-42-21-13-12-18-37(42)35-59(10,11)65(49)55)66-40-20-16-19-39(33-40)62-36-63(48-25-15-14-24-47(48)62)54-45(57(4,5)6)22-17-23-46(54)58(7,8)9;/h12-32H,35H2,1-11H3;/q-2;. The molecule has 11 rings (SSSR count). The predicted molar refractivity (Wildman–Crippen MR) is 268 cm³/mol. The minimum absolute atomic E-state index is 0. The van der Waals surface area contributed by atoms with Crippen LogP contribution in [-0.4, -0.2) is 23.7 Å². The van der Waals surface area contributed by atoms with Crippen LogP contribution in [0, 0.1) is 18.5 Å². The van der Waals surface area contributed by atoms with E-state index in [0.29, 0.717) is 11.5 Å². The molecule has 0 spiro atoms. The van der Waals surface area contributed by atoms with E-state index in [2.05, 4.69) is 216 Å². The summed E-state index contributed by atoms with van der Waals surface area (Å²) in [5, 5.41) is 2.14. The van der Waals surface area contributed by atoms with Gasteiger partial charge in [-0.05, 0) is 88.0 Å². The molecular formula is C59H56N6OPt-2. The number of ether oxygens (including phenoxy) is 1. The number of hydrogen-bond donors (Lipinski definition) is 0. The zero-order valence-electron chi connectivity index (χ0n) is 40.2. The summed E-state index contributed by atoms with van der Waals surface area (Å²) >= 11 is 0. The monoisotopic (exact) mass is 1060 g/mol. The minimum Gasteiger partial charge on any atom is -0.510 e. The van der Waals surface area contributed by atoms with Crippen molar-refractivity contribution in [3.8, 4) is 40.1 Å². The van der Waals surface area contributed by atoms with Crippen molar-refractivity contribution in [2.75, 3.05) is 0 Å². The Balaban J connectivity index is 0.00000525. The number of pyridine rings is 1. The van der Waals surface area contributed by atoms with Gasteiger partial charge >= 0.3 is 0 Å². The van der Waals surface area contributed by atoms with E-state index in [1.54, 1.807) is 0 Å². The molecule has 0 saturated carbocycles. The van der Waals surface area contributed by atoms with Gasteiger partial charge in [0.05, 0.1) is 27.8 Å². The zero-order valence-corrected chi connectivity index (χ0v) is 42.5. The van der Waals surface area contributed by atoms with Gasteiger partial charge in [-0.15, -0.1) is 29.7 Å². The Labute approximate surface area is 408 Å². The number of benzene rings is 6. The Morgan fingerprint density at radius 2 is 1.36 bits per heavy atom. The van der Waals surface area contributed by atoms with E-state index in [1.807, 2.05) is 24.4 Å². The molecule has 0 atom stereocenters. The summed E-state index contributed by atoms with van der Waals surface area (Å²) in [7, 11) is 0. The third-order valence-electron chi connectivity index (χ3n) is 13.4. The molecule has 0 unspecified atom stereocenters. The van der Waals surface area contributed by atoms with Gasteiger partial charge in [-0.3, -0.25) is 4.57 Å². The first-order valence-electron chi connectivity index (χ1n) is 23.1. The van der Waals surface area contributed by atoms with Crippen LogP contribution in [0.1, 0.15) is 98.4 Å². The van der Waals surface area contributed by atoms with Crippen molar-refractivity contribution in [3.05, 3.63) is 168 Å². The molecule has 1 aliphatic rings. The van der Waals surface area contributed by atoms with Crippen LogP contribution in [-0.2, 0) is 49.3 Å². The molecule has 0 saturated heterocycles. The molecule has 6 aromatic carbocycles. The summed E-state index contributed by atoms with van der Waals surface area (Å²) in [5.74, 6) is 2.96. The maximum atomic E-state index is 6.77. The first-order valence-corrected chi connectivity index (χ1v) is 23.1. The van der Waals surface area contributed by atoms with E-state index < -0.39 is 0 Å². The summed E-state index contributed by atoms with van der Waals surface area (Å²) in [6, 6.07) is 50.3. The quantitative estimate of drug-likeness (QED) is 0.127. The van der Waals surface area contributed by atoms with Gasteiger partial charge in [-0.25, -0.2) is 9.97 Å².